The summed E-state index contributed by atoms with van der Waals surface area (Å²) in [5.74, 6) is 1.30. The van der Waals surface area contributed by atoms with Crippen molar-refractivity contribution >= 4 is 5.78 Å². The highest BCUT2D eigenvalue weighted by atomic mass is 16.3. The fraction of sp³-hybridized carbons (Fsp3) is 0.952. The molecule has 0 aromatic carbocycles. The zero-order chi connectivity index (χ0) is 18.2. The number of hydrogen-bond acceptors (Lipinski definition) is 4. The van der Waals surface area contributed by atoms with Gasteiger partial charge in [0.05, 0.1) is 12.2 Å². The van der Waals surface area contributed by atoms with E-state index in [9.17, 15) is 20.1 Å². The van der Waals surface area contributed by atoms with Crippen LogP contribution < -0.4 is 0 Å². The van der Waals surface area contributed by atoms with Gasteiger partial charge in [-0.25, -0.2) is 0 Å². The smallest absolute Gasteiger partial charge is 0.161 e. The van der Waals surface area contributed by atoms with E-state index in [-0.39, 0.29) is 23.2 Å². The van der Waals surface area contributed by atoms with Gasteiger partial charge in [-0.3, -0.25) is 4.79 Å². The van der Waals surface area contributed by atoms with Crippen LogP contribution in [0.3, 0.4) is 0 Å². The van der Waals surface area contributed by atoms with Gasteiger partial charge in [0.1, 0.15) is 5.60 Å². The standard InChI is InChI=1S/C21H34O4/c1-12(22)21(25)9-7-16-15-5-4-13-10-14(23)6-8-19(13,2)18(15)17(24)11-20(16,21)3/h13-18,23-25H,4-11H2,1-3H3/t13-,14-,15+,16+,17-,18-,19+,20+,21+/m1/s1. The van der Waals surface area contributed by atoms with Crippen LogP contribution in [-0.4, -0.2) is 38.9 Å². The first-order valence-corrected chi connectivity index (χ1v) is 10.2. The van der Waals surface area contributed by atoms with E-state index in [2.05, 4.69) is 6.92 Å². The molecule has 4 saturated carbocycles. The molecule has 9 atom stereocenters. The molecule has 25 heavy (non-hydrogen) atoms. The molecule has 0 aromatic heterocycles. The van der Waals surface area contributed by atoms with Gasteiger partial charge in [0.25, 0.3) is 0 Å². The van der Waals surface area contributed by atoms with E-state index in [0.717, 1.165) is 38.5 Å². The highest BCUT2D eigenvalue weighted by Gasteiger charge is 2.68. The van der Waals surface area contributed by atoms with Crippen LogP contribution in [0.15, 0.2) is 0 Å². The molecule has 142 valence electrons. The van der Waals surface area contributed by atoms with Gasteiger partial charge in [-0.2, -0.15) is 0 Å². The summed E-state index contributed by atoms with van der Waals surface area (Å²) in [6.07, 6.45) is 6.16. The Bertz CT molecular complexity index is 576. The van der Waals surface area contributed by atoms with Crippen molar-refractivity contribution in [3.05, 3.63) is 0 Å². The zero-order valence-corrected chi connectivity index (χ0v) is 15.9. The molecule has 0 amide bonds. The van der Waals surface area contributed by atoms with Crippen molar-refractivity contribution < 1.29 is 20.1 Å². The normalized spacial score (nSPS) is 58.2. The third kappa shape index (κ3) is 2.20. The zero-order valence-electron chi connectivity index (χ0n) is 15.9. The third-order valence-corrected chi connectivity index (χ3v) is 9.30. The van der Waals surface area contributed by atoms with Crippen molar-refractivity contribution in [3.63, 3.8) is 0 Å². The molecule has 0 spiro atoms. The molecule has 0 radical (unpaired) electrons. The van der Waals surface area contributed by atoms with Gasteiger partial charge in [-0.15, -0.1) is 0 Å². The monoisotopic (exact) mass is 350 g/mol. The molecule has 0 unspecified atom stereocenters. The summed E-state index contributed by atoms with van der Waals surface area (Å²) in [6.45, 7) is 5.88. The average molecular weight is 350 g/mol. The minimum Gasteiger partial charge on any atom is -0.393 e. The van der Waals surface area contributed by atoms with Crippen molar-refractivity contribution in [3.8, 4) is 0 Å². The second-order valence-electron chi connectivity index (χ2n) is 10.1. The second-order valence-corrected chi connectivity index (χ2v) is 10.1. The van der Waals surface area contributed by atoms with Crippen LogP contribution >= 0.6 is 0 Å². The van der Waals surface area contributed by atoms with E-state index >= 15 is 0 Å². The Labute approximate surface area is 151 Å². The first kappa shape index (κ1) is 17.9. The summed E-state index contributed by atoms with van der Waals surface area (Å²) in [5, 5.41) is 32.5. The lowest BCUT2D eigenvalue weighted by molar-refractivity contribution is -0.201. The lowest BCUT2D eigenvalue weighted by Crippen LogP contribution is -2.62. The van der Waals surface area contributed by atoms with Crippen LogP contribution in [0.25, 0.3) is 0 Å². The number of carbonyl (C=O) groups is 1. The number of Topliss-reactive ketones (excluding diaryl/α,β-unsaturated/α-hetero) is 1. The molecule has 4 nitrogen and oxygen atoms in total. The number of rotatable bonds is 1. The summed E-state index contributed by atoms with van der Waals surface area (Å²) in [4.78, 5) is 12.3. The average Bonchev–Trinajstić information content (AvgIpc) is 2.80. The van der Waals surface area contributed by atoms with Gasteiger partial charge in [-0.05, 0) is 87.4 Å². The Kier molecular flexibility index (Phi) is 3.97. The first-order chi connectivity index (χ1) is 11.6. The van der Waals surface area contributed by atoms with Crippen molar-refractivity contribution in [2.75, 3.05) is 0 Å². The summed E-state index contributed by atoms with van der Waals surface area (Å²) < 4.78 is 0. The Balaban J connectivity index is 1.70. The quantitative estimate of drug-likeness (QED) is 0.679. The summed E-state index contributed by atoms with van der Waals surface area (Å²) in [5.41, 5.74) is -1.69. The van der Waals surface area contributed by atoms with Crippen LogP contribution in [0.4, 0.5) is 0 Å². The van der Waals surface area contributed by atoms with E-state index in [0.29, 0.717) is 30.6 Å². The SMILES string of the molecule is CC(=O)[C@@]1(O)CC[C@H]2[C@@H]3CC[C@@H]4C[C@H](O)CC[C@]4(C)[C@H]3[C@H](O)C[C@@]21C. The molecule has 4 aliphatic carbocycles. The van der Waals surface area contributed by atoms with E-state index in [1.807, 2.05) is 6.92 Å². The van der Waals surface area contributed by atoms with Crippen LogP contribution in [0, 0.1) is 34.5 Å². The fourth-order valence-electron chi connectivity index (χ4n) is 7.94. The summed E-state index contributed by atoms with van der Waals surface area (Å²) >= 11 is 0. The molecule has 4 aliphatic rings. The maximum absolute atomic E-state index is 12.3. The number of ketones is 1. The summed E-state index contributed by atoms with van der Waals surface area (Å²) in [7, 11) is 0. The Morgan fingerprint density at radius 3 is 2.44 bits per heavy atom. The number of aliphatic hydroxyl groups is 3. The minimum absolute atomic E-state index is 0.0832. The molecule has 0 bridgehead atoms. The van der Waals surface area contributed by atoms with E-state index in [1.54, 1.807) is 0 Å². The van der Waals surface area contributed by atoms with Crippen LogP contribution in [0.1, 0.15) is 72.1 Å². The van der Waals surface area contributed by atoms with E-state index in [1.165, 1.54) is 6.92 Å². The maximum atomic E-state index is 12.3. The molecule has 0 aromatic rings. The summed E-state index contributed by atoms with van der Waals surface area (Å²) in [6, 6.07) is 0. The second kappa shape index (κ2) is 5.53. The van der Waals surface area contributed by atoms with Gasteiger partial charge in [0.15, 0.2) is 5.78 Å². The molecule has 0 aliphatic heterocycles. The molecule has 4 fully saturated rings. The molecular weight excluding hydrogens is 316 g/mol. The Morgan fingerprint density at radius 1 is 1.04 bits per heavy atom. The molecule has 4 heteroatoms. The number of aliphatic hydroxyl groups excluding tert-OH is 2. The Morgan fingerprint density at radius 2 is 1.76 bits per heavy atom. The van der Waals surface area contributed by atoms with Gasteiger partial charge in [0, 0.05) is 5.41 Å². The van der Waals surface area contributed by atoms with Crippen molar-refractivity contribution in [2.24, 2.45) is 34.5 Å². The Hall–Kier alpha value is -0.450. The van der Waals surface area contributed by atoms with E-state index < -0.39 is 17.1 Å². The highest BCUT2D eigenvalue weighted by molar-refractivity contribution is 5.86. The molecule has 4 rings (SSSR count). The van der Waals surface area contributed by atoms with Crippen molar-refractivity contribution in [1.29, 1.82) is 0 Å². The number of carbonyl (C=O) groups excluding carboxylic acids is 1. The van der Waals surface area contributed by atoms with Crippen LogP contribution in [0.2, 0.25) is 0 Å². The first-order valence-electron chi connectivity index (χ1n) is 10.2. The van der Waals surface area contributed by atoms with Crippen molar-refractivity contribution in [1.82, 2.24) is 0 Å². The lowest BCUT2D eigenvalue weighted by atomic mass is 9.43. The fourth-order valence-corrected chi connectivity index (χ4v) is 7.94. The van der Waals surface area contributed by atoms with Crippen molar-refractivity contribution in [2.45, 2.75) is 89.9 Å². The van der Waals surface area contributed by atoms with Gasteiger partial charge >= 0.3 is 0 Å². The van der Waals surface area contributed by atoms with Gasteiger partial charge < -0.3 is 15.3 Å². The minimum atomic E-state index is -1.27. The third-order valence-electron chi connectivity index (χ3n) is 9.30. The van der Waals surface area contributed by atoms with Crippen LogP contribution in [-0.2, 0) is 4.79 Å². The highest BCUT2D eigenvalue weighted by Crippen LogP contribution is 2.68. The molecule has 0 saturated heterocycles. The van der Waals surface area contributed by atoms with Gasteiger partial charge in [-0.1, -0.05) is 13.8 Å². The predicted octanol–water partition coefficient (Wildman–Crippen LogP) is 2.68. The number of hydrogen-bond donors (Lipinski definition) is 3. The molecular formula is C21H34O4. The van der Waals surface area contributed by atoms with E-state index in [4.69, 9.17) is 0 Å². The largest absolute Gasteiger partial charge is 0.393 e. The maximum Gasteiger partial charge on any atom is 0.161 e. The topological polar surface area (TPSA) is 77.8 Å². The molecule has 3 N–H and O–H groups in total. The molecule has 0 heterocycles. The van der Waals surface area contributed by atoms with Gasteiger partial charge in [0.2, 0.25) is 0 Å². The van der Waals surface area contributed by atoms with Crippen LogP contribution in [0.5, 0.6) is 0 Å². The lowest BCUT2D eigenvalue weighted by Gasteiger charge is -2.62. The predicted molar refractivity (Wildman–Crippen MR) is 94.8 cm³/mol. The number of fused-ring (bicyclic) bond motifs is 5.